The maximum atomic E-state index is 10.4. The van der Waals surface area contributed by atoms with Gasteiger partial charge in [-0.15, -0.1) is 11.3 Å². The minimum absolute atomic E-state index is 0.0654. The van der Waals surface area contributed by atoms with E-state index < -0.39 is 6.10 Å². The Morgan fingerprint density at radius 3 is 2.78 bits per heavy atom. The highest BCUT2D eigenvalue weighted by molar-refractivity contribution is 7.09. The van der Waals surface area contributed by atoms with Gasteiger partial charge in [-0.1, -0.05) is 27.7 Å². The Balaban J connectivity index is 2.09. The van der Waals surface area contributed by atoms with Gasteiger partial charge in [0.1, 0.15) is 6.10 Å². The Bertz CT molecular complexity index is 397. The first-order chi connectivity index (χ1) is 8.38. The molecule has 0 aromatic carbocycles. The minimum atomic E-state index is -0.472. The number of nitrogens with one attached hydrogen (secondary N) is 1. The number of aromatic nitrogens is 1. The van der Waals surface area contributed by atoms with E-state index in [0.29, 0.717) is 5.92 Å². The van der Waals surface area contributed by atoms with E-state index in [1.54, 1.807) is 11.3 Å². The number of hydrogen-bond acceptors (Lipinski definition) is 4. The number of hydrogen-bond donors (Lipinski definition) is 2. The van der Waals surface area contributed by atoms with Crippen LogP contribution in [0.3, 0.4) is 0 Å². The zero-order valence-corrected chi connectivity index (χ0v) is 12.5. The molecule has 0 aliphatic carbocycles. The topological polar surface area (TPSA) is 45.1 Å². The molecule has 4 heteroatoms. The normalized spacial score (nSPS) is 27.2. The third-order valence-electron chi connectivity index (χ3n) is 3.55. The smallest absolute Gasteiger partial charge is 0.112 e. The van der Waals surface area contributed by atoms with Crippen LogP contribution in [0.25, 0.3) is 0 Å². The van der Waals surface area contributed by atoms with E-state index in [2.05, 4.69) is 38.0 Å². The van der Waals surface area contributed by atoms with E-state index in [9.17, 15) is 5.11 Å². The molecule has 0 radical (unpaired) electrons. The maximum absolute atomic E-state index is 10.4. The van der Waals surface area contributed by atoms with Crippen LogP contribution < -0.4 is 5.32 Å². The quantitative estimate of drug-likeness (QED) is 0.867. The molecule has 1 fully saturated rings. The van der Waals surface area contributed by atoms with Crippen molar-refractivity contribution in [3.8, 4) is 0 Å². The first-order valence-corrected chi connectivity index (χ1v) is 7.63. The third-order valence-corrected chi connectivity index (χ3v) is 4.83. The summed E-state index contributed by atoms with van der Waals surface area (Å²) in [5.41, 5.74) is 0.896. The molecule has 0 bridgehead atoms. The second kappa shape index (κ2) is 5.27. The van der Waals surface area contributed by atoms with E-state index in [-0.39, 0.29) is 11.5 Å². The molecule has 0 amide bonds. The van der Waals surface area contributed by atoms with Gasteiger partial charge in [-0.05, 0) is 25.3 Å². The van der Waals surface area contributed by atoms with Crippen LogP contribution >= 0.6 is 11.3 Å². The summed E-state index contributed by atoms with van der Waals surface area (Å²) in [5, 5.41) is 16.9. The first kappa shape index (κ1) is 14.0. The minimum Gasteiger partial charge on any atom is -0.385 e. The molecule has 1 saturated heterocycles. The van der Waals surface area contributed by atoms with Crippen LogP contribution in [0.2, 0.25) is 0 Å². The van der Waals surface area contributed by atoms with Crippen molar-refractivity contribution in [3.63, 3.8) is 0 Å². The molecule has 1 aliphatic heterocycles. The van der Waals surface area contributed by atoms with Gasteiger partial charge in [0.05, 0.1) is 10.7 Å². The summed E-state index contributed by atoms with van der Waals surface area (Å²) in [6.07, 6.45) is 1.76. The Morgan fingerprint density at radius 1 is 1.50 bits per heavy atom. The van der Waals surface area contributed by atoms with Crippen LogP contribution in [0.15, 0.2) is 5.38 Å². The van der Waals surface area contributed by atoms with Gasteiger partial charge in [-0.3, -0.25) is 0 Å². The summed E-state index contributed by atoms with van der Waals surface area (Å²) in [6, 6.07) is 0.156. The second-order valence-electron chi connectivity index (χ2n) is 6.46. The molecule has 2 N–H and O–H groups in total. The van der Waals surface area contributed by atoms with Gasteiger partial charge in [-0.2, -0.15) is 0 Å². The van der Waals surface area contributed by atoms with E-state index in [0.717, 1.165) is 23.7 Å². The molecular weight excluding hydrogens is 244 g/mol. The highest BCUT2D eigenvalue weighted by Gasteiger charge is 2.28. The molecule has 1 aromatic rings. The number of thiazole rings is 1. The second-order valence-corrected chi connectivity index (χ2v) is 7.32. The molecule has 3 nitrogen and oxygen atoms in total. The number of piperidine rings is 1. The maximum Gasteiger partial charge on any atom is 0.112 e. The van der Waals surface area contributed by atoms with Crippen LogP contribution in [0.4, 0.5) is 0 Å². The predicted octanol–water partition coefficient (Wildman–Crippen LogP) is 2.86. The van der Waals surface area contributed by atoms with E-state index in [1.165, 1.54) is 6.42 Å². The van der Waals surface area contributed by atoms with Crippen molar-refractivity contribution in [2.24, 2.45) is 5.92 Å². The van der Waals surface area contributed by atoms with Crippen molar-refractivity contribution in [2.75, 3.05) is 6.54 Å². The van der Waals surface area contributed by atoms with Crippen molar-refractivity contribution in [1.82, 2.24) is 10.3 Å². The zero-order chi connectivity index (χ0) is 13.3. The molecule has 0 saturated carbocycles. The molecule has 18 heavy (non-hydrogen) atoms. The van der Waals surface area contributed by atoms with E-state index in [4.69, 9.17) is 0 Å². The largest absolute Gasteiger partial charge is 0.385 e. The van der Waals surface area contributed by atoms with Gasteiger partial charge >= 0.3 is 0 Å². The molecule has 1 aromatic heterocycles. The predicted molar refractivity (Wildman–Crippen MR) is 76.0 cm³/mol. The summed E-state index contributed by atoms with van der Waals surface area (Å²) in [6.45, 7) is 9.72. The highest BCUT2D eigenvalue weighted by atomic mass is 32.1. The Labute approximate surface area is 114 Å². The van der Waals surface area contributed by atoms with Crippen LogP contribution in [0.1, 0.15) is 57.3 Å². The average molecular weight is 268 g/mol. The average Bonchev–Trinajstić information content (AvgIpc) is 2.77. The molecule has 2 heterocycles. The zero-order valence-electron chi connectivity index (χ0n) is 11.7. The van der Waals surface area contributed by atoms with Gasteiger partial charge in [0.2, 0.25) is 0 Å². The summed E-state index contributed by atoms with van der Waals surface area (Å²) in [7, 11) is 0. The van der Waals surface area contributed by atoms with Crippen molar-refractivity contribution in [3.05, 3.63) is 16.1 Å². The molecule has 3 atom stereocenters. The third kappa shape index (κ3) is 3.11. The summed E-state index contributed by atoms with van der Waals surface area (Å²) < 4.78 is 0. The lowest BCUT2D eigenvalue weighted by atomic mass is 9.90. The van der Waals surface area contributed by atoms with Gasteiger partial charge in [-0.25, -0.2) is 4.98 Å². The Kier molecular flexibility index (Phi) is 4.09. The van der Waals surface area contributed by atoms with E-state index in [1.807, 2.05) is 5.38 Å². The number of nitrogens with zero attached hydrogens (tertiary/aromatic N) is 1. The van der Waals surface area contributed by atoms with Crippen molar-refractivity contribution in [2.45, 2.75) is 58.1 Å². The molecule has 2 rings (SSSR count). The van der Waals surface area contributed by atoms with Gasteiger partial charge in [0.25, 0.3) is 0 Å². The molecule has 1 aliphatic rings. The number of rotatable bonds is 2. The fourth-order valence-corrected chi connectivity index (χ4v) is 3.30. The van der Waals surface area contributed by atoms with Crippen LogP contribution in [0.5, 0.6) is 0 Å². The lowest BCUT2D eigenvalue weighted by Gasteiger charge is -2.31. The fourth-order valence-electron chi connectivity index (χ4n) is 2.36. The van der Waals surface area contributed by atoms with Crippen molar-refractivity contribution in [1.29, 1.82) is 0 Å². The lowest BCUT2D eigenvalue weighted by Crippen LogP contribution is -2.41. The van der Waals surface area contributed by atoms with Crippen LogP contribution in [-0.2, 0) is 5.41 Å². The SMILES string of the molecule is CC1CCNC(C(O)c2csc(C(C)(C)C)n2)C1. The lowest BCUT2D eigenvalue weighted by molar-refractivity contribution is 0.0981. The van der Waals surface area contributed by atoms with Crippen molar-refractivity contribution >= 4 is 11.3 Å². The number of aliphatic hydroxyl groups excluding tert-OH is 1. The van der Waals surface area contributed by atoms with Crippen molar-refractivity contribution < 1.29 is 5.11 Å². The summed E-state index contributed by atoms with van der Waals surface area (Å²) >= 11 is 1.65. The molecule has 0 spiro atoms. The highest BCUT2D eigenvalue weighted by Crippen LogP contribution is 2.30. The summed E-state index contributed by atoms with van der Waals surface area (Å²) in [5.74, 6) is 0.687. The molecule has 102 valence electrons. The van der Waals surface area contributed by atoms with Gasteiger partial charge in [0, 0.05) is 16.8 Å². The van der Waals surface area contributed by atoms with Gasteiger partial charge < -0.3 is 10.4 Å². The van der Waals surface area contributed by atoms with Gasteiger partial charge in [0.15, 0.2) is 0 Å². The molecule has 3 unspecified atom stereocenters. The molecular formula is C14H24N2OS. The summed E-state index contributed by atoms with van der Waals surface area (Å²) in [4.78, 5) is 4.61. The number of aliphatic hydroxyl groups is 1. The van der Waals surface area contributed by atoms with Crippen LogP contribution in [-0.4, -0.2) is 22.7 Å². The first-order valence-electron chi connectivity index (χ1n) is 6.75. The monoisotopic (exact) mass is 268 g/mol. The standard InChI is InChI=1S/C14H24N2OS/c1-9-5-6-15-10(7-9)12(17)11-8-18-13(16-11)14(2,3)4/h8-10,12,15,17H,5-7H2,1-4H3. The Morgan fingerprint density at radius 2 is 2.22 bits per heavy atom. The fraction of sp³-hybridized carbons (Fsp3) is 0.786. The van der Waals surface area contributed by atoms with Crippen LogP contribution in [0, 0.1) is 5.92 Å². The van der Waals surface area contributed by atoms with E-state index >= 15 is 0 Å². The Hall–Kier alpha value is -0.450.